The van der Waals surface area contributed by atoms with E-state index in [1.54, 1.807) is 0 Å². The number of unbranched alkanes of at least 4 members (excludes halogenated alkanes) is 4. The van der Waals surface area contributed by atoms with Crippen molar-refractivity contribution in [2.75, 3.05) is 13.1 Å². The number of carbonyl (C=O) groups excluding carboxylic acids is 1. The first kappa shape index (κ1) is 23.7. The summed E-state index contributed by atoms with van der Waals surface area (Å²) in [4.78, 5) is 15.8. The van der Waals surface area contributed by atoms with Crippen molar-refractivity contribution in [3.8, 4) is 0 Å². The van der Waals surface area contributed by atoms with Crippen molar-refractivity contribution >= 4 is 35.9 Å². The van der Waals surface area contributed by atoms with Gasteiger partial charge >= 0.3 is 5.97 Å². The van der Waals surface area contributed by atoms with Crippen molar-refractivity contribution in [2.24, 2.45) is 10.7 Å². The molecule has 0 aliphatic rings. The molecule has 0 atom stereocenters. The highest BCUT2D eigenvalue weighted by Crippen LogP contribution is 2.11. The maximum Gasteiger partial charge on any atom is 0.306 e. The highest BCUT2D eigenvalue weighted by molar-refractivity contribution is 14.0. The smallest absolute Gasteiger partial charge is 0.306 e. The van der Waals surface area contributed by atoms with Gasteiger partial charge in [-0.15, -0.1) is 24.0 Å². The Bertz CT molecular complexity index is 315. The number of hydrogen-bond acceptors (Lipinski definition) is 3. The number of guanidine groups is 1. The Hall–Kier alpha value is -0.530. The van der Waals surface area contributed by atoms with Crippen LogP contribution >= 0.6 is 24.0 Å². The van der Waals surface area contributed by atoms with E-state index in [0.29, 0.717) is 12.4 Å². The highest BCUT2D eigenvalue weighted by Gasteiger charge is 2.15. The molecule has 0 aromatic rings. The van der Waals surface area contributed by atoms with Gasteiger partial charge in [-0.3, -0.25) is 9.79 Å². The number of nitrogens with two attached hydrogens (primary N) is 1. The maximum absolute atomic E-state index is 11.5. The van der Waals surface area contributed by atoms with Gasteiger partial charge in [-0.2, -0.15) is 0 Å². The van der Waals surface area contributed by atoms with Crippen LogP contribution < -0.4 is 11.1 Å². The molecule has 6 heteroatoms. The van der Waals surface area contributed by atoms with E-state index in [-0.39, 0.29) is 35.5 Å². The molecule has 0 aliphatic carbocycles. The summed E-state index contributed by atoms with van der Waals surface area (Å²) in [6.45, 7) is 9.46. The molecule has 0 aromatic heterocycles. The second kappa shape index (κ2) is 14.1. The molecule has 22 heavy (non-hydrogen) atoms. The largest absolute Gasteiger partial charge is 0.460 e. The first-order valence-corrected chi connectivity index (χ1v) is 8.11. The van der Waals surface area contributed by atoms with Crippen molar-refractivity contribution in [1.82, 2.24) is 5.32 Å². The molecule has 0 rings (SSSR count). The molecule has 0 radical (unpaired) electrons. The van der Waals surface area contributed by atoms with Gasteiger partial charge in [0.05, 0.1) is 0 Å². The standard InChI is InChI=1S/C16H33N3O2.HI/c1-5-6-12-18-15(17)19-13-10-8-7-9-11-14(20)21-16(2,3)4;/h5-13H2,1-4H3,(H3,17,18,19);1H. The Morgan fingerprint density at radius 2 is 1.77 bits per heavy atom. The zero-order valence-electron chi connectivity index (χ0n) is 14.6. The molecule has 0 fully saturated rings. The summed E-state index contributed by atoms with van der Waals surface area (Å²) in [5, 5.41) is 3.09. The summed E-state index contributed by atoms with van der Waals surface area (Å²) in [7, 11) is 0. The molecule has 5 nitrogen and oxygen atoms in total. The topological polar surface area (TPSA) is 76.7 Å². The Morgan fingerprint density at radius 1 is 1.14 bits per heavy atom. The van der Waals surface area contributed by atoms with Crippen molar-refractivity contribution in [1.29, 1.82) is 0 Å². The summed E-state index contributed by atoms with van der Waals surface area (Å²) in [5.41, 5.74) is 5.35. The fourth-order valence-electron chi connectivity index (χ4n) is 1.78. The summed E-state index contributed by atoms with van der Waals surface area (Å²) >= 11 is 0. The predicted octanol–water partition coefficient (Wildman–Crippen LogP) is 3.60. The van der Waals surface area contributed by atoms with Crippen LogP contribution in [0.3, 0.4) is 0 Å². The van der Waals surface area contributed by atoms with Crippen LogP contribution in [0.1, 0.15) is 72.6 Å². The summed E-state index contributed by atoms with van der Waals surface area (Å²) in [5.74, 6) is 0.432. The molecule has 0 saturated carbocycles. The van der Waals surface area contributed by atoms with Gasteiger partial charge in [-0.1, -0.05) is 26.2 Å². The molecular weight excluding hydrogens is 393 g/mol. The SMILES string of the molecule is CCCCNC(N)=NCCCCCCC(=O)OC(C)(C)C.I. The number of carbonyl (C=O) groups is 1. The molecule has 0 unspecified atom stereocenters. The predicted molar refractivity (Wildman–Crippen MR) is 104 cm³/mol. The van der Waals surface area contributed by atoms with E-state index >= 15 is 0 Å². The number of nitrogens with one attached hydrogen (secondary N) is 1. The Morgan fingerprint density at radius 3 is 2.36 bits per heavy atom. The molecule has 0 amide bonds. The number of rotatable bonds is 10. The van der Waals surface area contributed by atoms with Crippen molar-refractivity contribution in [3.63, 3.8) is 0 Å². The van der Waals surface area contributed by atoms with Crippen LogP contribution in [0, 0.1) is 0 Å². The van der Waals surface area contributed by atoms with Gasteiger partial charge in [0.2, 0.25) is 0 Å². The van der Waals surface area contributed by atoms with Gasteiger partial charge < -0.3 is 15.8 Å². The van der Waals surface area contributed by atoms with Crippen LogP contribution in [0.15, 0.2) is 4.99 Å². The zero-order chi connectivity index (χ0) is 16.1. The zero-order valence-corrected chi connectivity index (χ0v) is 16.9. The molecule has 0 heterocycles. The summed E-state index contributed by atoms with van der Waals surface area (Å²) in [6, 6.07) is 0. The Balaban J connectivity index is 0. The van der Waals surface area contributed by atoms with E-state index in [4.69, 9.17) is 10.5 Å². The minimum absolute atomic E-state index is 0. The minimum atomic E-state index is -0.381. The minimum Gasteiger partial charge on any atom is -0.460 e. The molecule has 132 valence electrons. The van der Waals surface area contributed by atoms with Gasteiger partial charge in [0.1, 0.15) is 5.60 Å². The molecular formula is C16H34IN3O2. The van der Waals surface area contributed by atoms with Crippen molar-refractivity contribution in [3.05, 3.63) is 0 Å². The number of hydrogen-bond donors (Lipinski definition) is 2. The van der Waals surface area contributed by atoms with E-state index in [1.165, 1.54) is 0 Å². The van der Waals surface area contributed by atoms with E-state index in [1.807, 2.05) is 20.8 Å². The second-order valence-corrected chi connectivity index (χ2v) is 6.30. The number of ether oxygens (including phenoxy) is 1. The first-order chi connectivity index (χ1) is 9.85. The molecule has 0 spiro atoms. The van der Waals surface area contributed by atoms with Crippen molar-refractivity contribution in [2.45, 2.75) is 78.2 Å². The lowest BCUT2D eigenvalue weighted by molar-refractivity contribution is -0.154. The summed E-state index contributed by atoms with van der Waals surface area (Å²) < 4.78 is 5.26. The van der Waals surface area contributed by atoms with Gasteiger partial charge in [0.25, 0.3) is 0 Å². The van der Waals surface area contributed by atoms with Crippen LogP contribution in [0.4, 0.5) is 0 Å². The van der Waals surface area contributed by atoms with Crippen LogP contribution in [0.5, 0.6) is 0 Å². The maximum atomic E-state index is 11.5. The average Bonchev–Trinajstić information content (AvgIpc) is 2.35. The number of halogens is 1. The molecule has 0 bridgehead atoms. The molecule has 0 aromatic carbocycles. The number of esters is 1. The monoisotopic (exact) mass is 427 g/mol. The molecule has 0 saturated heterocycles. The molecule has 0 aliphatic heterocycles. The van der Waals surface area contributed by atoms with E-state index < -0.39 is 0 Å². The van der Waals surface area contributed by atoms with Gasteiger partial charge in [0.15, 0.2) is 5.96 Å². The normalized spacial score (nSPS) is 11.7. The van der Waals surface area contributed by atoms with Crippen LogP contribution in [0.25, 0.3) is 0 Å². The van der Waals surface area contributed by atoms with Crippen LogP contribution in [-0.2, 0) is 9.53 Å². The third kappa shape index (κ3) is 17.5. The number of aliphatic imine (C=N–C) groups is 1. The lowest BCUT2D eigenvalue weighted by Crippen LogP contribution is -2.32. The van der Waals surface area contributed by atoms with E-state index in [2.05, 4.69) is 17.2 Å². The second-order valence-electron chi connectivity index (χ2n) is 6.30. The average molecular weight is 427 g/mol. The fourth-order valence-corrected chi connectivity index (χ4v) is 1.78. The highest BCUT2D eigenvalue weighted by atomic mass is 127. The third-order valence-corrected chi connectivity index (χ3v) is 2.83. The van der Waals surface area contributed by atoms with Crippen LogP contribution in [0.2, 0.25) is 0 Å². The Kier molecular flexibility index (Phi) is 15.2. The molecule has 3 N–H and O–H groups in total. The lowest BCUT2D eigenvalue weighted by atomic mass is 10.1. The lowest BCUT2D eigenvalue weighted by Gasteiger charge is -2.19. The van der Waals surface area contributed by atoms with E-state index in [0.717, 1.165) is 51.6 Å². The summed E-state index contributed by atoms with van der Waals surface area (Å²) in [6.07, 6.45) is 6.74. The first-order valence-electron chi connectivity index (χ1n) is 8.11. The third-order valence-electron chi connectivity index (χ3n) is 2.83. The quantitative estimate of drug-likeness (QED) is 0.184. The van der Waals surface area contributed by atoms with Crippen molar-refractivity contribution < 1.29 is 9.53 Å². The Labute approximate surface area is 152 Å². The van der Waals surface area contributed by atoms with Gasteiger partial charge in [-0.25, -0.2) is 0 Å². The van der Waals surface area contributed by atoms with Crippen LogP contribution in [-0.4, -0.2) is 30.6 Å². The van der Waals surface area contributed by atoms with Gasteiger partial charge in [-0.05, 0) is 40.0 Å². The number of nitrogens with zero attached hydrogens (tertiary/aromatic N) is 1. The fraction of sp³-hybridized carbons (Fsp3) is 0.875. The van der Waals surface area contributed by atoms with E-state index in [9.17, 15) is 4.79 Å². The van der Waals surface area contributed by atoms with Gasteiger partial charge in [0, 0.05) is 19.5 Å².